The number of hydrogen-bond donors (Lipinski definition) is 0. The summed E-state index contributed by atoms with van der Waals surface area (Å²) < 4.78 is 1.98. The Kier molecular flexibility index (Phi) is 4.94. The fourth-order valence-corrected chi connectivity index (χ4v) is 4.63. The zero-order valence-electron chi connectivity index (χ0n) is 16.4. The summed E-state index contributed by atoms with van der Waals surface area (Å²) in [6, 6.07) is 10.0. The fraction of sp³-hybridized carbons (Fsp3) is 0.545. The molecule has 144 valence electrons. The maximum absolute atomic E-state index is 13.0. The number of aryl methyl sites for hydroxylation is 1. The Balaban J connectivity index is 1.40. The number of likely N-dealkylation sites (tertiary alicyclic amines) is 2. The third-order valence-corrected chi connectivity index (χ3v) is 6.27. The quantitative estimate of drug-likeness (QED) is 0.818. The van der Waals surface area contributed by atoms with Gasteiger partial charge in [-0.2, -0.15) is 0 Å². The summed E-state index contributed by atoms with van der Waals surface area (Å²) in [4.78, 5) is 29.8. The van der Waals surface area contributed by atoms with Gasteiger partial charge in [0.05, 0.1) is 0 Å². The van der Waals surface area contributed by atoms with Gasteiger partial charge in [-0.1, -0.05) is 25.1 Å². The summed E-state index contributed by atoms with van der Waals surface area (Å²) in [5, 5.41) is 1.09. The van der Waals surface area contributed by atoms with Gasteiger partial charge in [-0.05, 0) is 43.7 Å². The molecule has 0 radical (unpaired) electrons. The van der Waals surface area contributed by atoms with Crippen LogP contribution in [-0.2, 0) is 11.8 Å². The summed E-state index contributed by atoms with van der Waals surface area (Å²) in [6.45, 7) is 5.36. The van der Waals surface area contributed by atoms with Crippen LogP contribution in [0.1, 0.15) is 43.1 Å². The first-order chi connectivity index (χ1) is 13.0. The number of para-hydroxylation sites is 1. The largest absolute Gasteiger partial charge is 0.342 e. The standard InChI is InChI=1S/C22H29N3O2/c1-16-6-5-11-25(15-16)21(26)17-9-12-24(13-10-17)22(27)20-14-18-7-3-4-8-19(18)23(20)2/h3-4,7-8,14,16-17H,5-6,9-13,15H2,1-2H3/t16-/m0/s1. The van der Waals surface area contributed by atoms with Gasteiger partial charge < -0.3 is 14.4 Å². The van der Waals surface area contributed by atoms with E-state index in [0.29, 0.717) is 24.9 Å². The number of carbonyl (C=O) groups excluding carboxylic acids is 2. The first kappa shape index (κ1) is 18.1. The molecule has 2 aromatic rings. The lowest BCUT2D eigenvalue weighted by Crippen LogP contribution is -2.47. The molecule has 0 unspecified atom stereocenters. The van der Waals surface area contributed by atoms with Gasteiger partial charge in [-0.15, -0.1) is 0 Å². The highest BCUT2D eigenvalue weighted by Gasteiger charge is 2.32. The molecule has 5 nitrogen and oxygen atoms in total. The molecule has 2 aliphatic rings. The molecule has 1 aromatic carbocycles. The minimum Gasteiger partial charge on any atom is -0.342 e. The van der Waals surface area contributed by atoms with Crippen LogP contribution in [0.25, 0.3) is 10.9 Å². The van der Waals surface area contributed by atoms with E-state index in [2.05, 4.69) is 11.8 Å². The third kappa shape index (κ3) is 3.47. The molecule has 2 aliphatic heterocycles. The van der Waals surface area contributed by atoms with E-state index < -0.39 is 0 Å². The van der Waals surface area contributed by atoms with Gasteiger partial charge in [0.2, 0.25) is 5.91 Å². The summed E-state index contributed by atoms with van der Waals surface area (Å²) >= 11 is 0. The van der Waals surface area contributed by atoms with Crippen LogP contribution < -0.4 is 0 Å². The molecule has 2 fully saturated rings. The minimum absolute atomic E-state index is 0.0752. The van der Waals surface area contributed by atoms with Crippen molar-refractivity contribution in [1.29, 1.82) is 0 Å². The highest BCUT2D eigenvalue weighted by molar-refractivity contribution is 5.98. The van der Waals surface area contributed by atoms with Gasteiger partial charge in [0, 0.05) is 50.0 Å². The Morgan fingerprint density at radius 1 is 1.00 bits per heavy atom. The highest BCUT2D eigenvalue weighted by Crippen LogP contribution is 2.26. The van der Waals surface area contributed by atoms with Crippen LogP contribution in [-0.4, -0.2) is 52.4 Å². The van der Waals surface area contributed by atoms with E-state index in [1.165, 1.54) is 6.42 Å². The van der Waals surface area contributed by atoms with Crippen molar-refractivity contribution in [2.24, 2.45) is 18.9 Å². The van der Waals surface area contributed by atoms with E-state index in [1.807, 2.05) is 46.8 Å². The molecule has 2 saturated heterocycles. The van der Waals surface area contributed by atoms with Crippen molar-refractivity contribution in [3.8, 4) is 0 Å². The molecule has 1 aromatic heterocycles. The lowest BCUT2D eigenvalue weighted by molar-refractivity contribution is -0.138. The average molecular weight is 367 g/mol. The van der Waals surface area contributed by atoms with Crippen molar-refractivity contribution in [2.45, 2.75) is 32.6 Å². The van der Waals surface area contributed by atoms with Crippen LogP contribution in [0.5, 0.6) is 0 Å². The Hall–Kier alpha value is -2.30. The monoisotopic (exact) mass is 367 g/mol. The normalized spacial score (nSPS) is 21.6. The maximum Gasteiger partial charge on any atom is 0.270 e. The summed E-state index contributed by atoms with van der Waals surface area (Å²) in [6.07, 6.45) is 3.89. The van der Waals surface area contributed by atoms with Crippen LogP contribution in [0.2, 0.25) is 0 Å². The van der Waals surface area contributed by atoms with Gasteiger partial charge in [0.1, 0.15) is 5.69 Å². The number of aromatic nitrogens is 1. The molecular weight excluding hydrogens is 338 g/mol. The topological polar surface area (TPSA) is 45.6 Å². The van der Waals surface area contributed by atoms with E-state index >= 15 is 0 Å². The first-order valence-corrected chi connectivity index (χ1v) is 10.2. The number of rotatable bonds is 2. The second-order valence-electron chi connectivity index (χ2n) is 8.25. The molecular formula is C22H29N3O2. The summed E-state index contributed by atoms with van der Waals surface area (Å²) in [5.74, 6) is 1.06. The first-order valence-electron chi connectivity index (χ1n) is 10.2. The number of amides is 2. The lowest BCUT2D eigenvalue weighted by Gasteiger charge is -2.37. The van der Waals surface area contributed by atoms with Crippen LogP contribution in [0.4, 0.5) is 0 Å². The van der Waals surface area contributed by atoms with Crippen molar-refractivity contribution in [3.05, 3.63) is 36.0 Å². The van der Waals surface area contributed by atoms with Crippen molar-refractivity contribution in [2.75, 3.05) is 26.2 Å². The maximum atomic E-state index is 13.0. The second-order valence-corrected chi connectivity index (χ2v) is 8.25. The van der Waals surface area contributed by atoms with Crippen molar-refractivity contribution >= 4 is 22.7 Å². The molecule has 0 aliphatic carbocycles. The lowest BCUT2D eigenvalue weighted by atomic mass is 9.92. The van der Waals surface area contributed by atoms with Crippen LogP contribution in [0, 0.1) is 11.8 Å². The number of fused-ring (bicyclic) bond motifs is 1. The molecule has 4 rings (SSSR count). The average Bonchev–Trinajstić information content (AvgIpc) is 3.04. The number of hydrogen-bond acceptors (Lipinski definition) is 2. The predicted molar refractivity (Wildman–Crippen MR) is 107 cm³/mol. The zero-order chi connectivity index (χ0) is 19.0. The Labute approximate surface area is 160 Å². The zero-order valence-corrected chi connectivity index (χ0v) is 16.4. The van der Waals surface area contributed by atoms with Gasteiger partial charge in [-0.3, -0.25) is 9.59 Å². The van der Waals surface area contributed by atoms with Gasteiger partial charge in [0.15, 0.2) is 0 Å². The second kappa shape index (κ2) is 7.37. The number of piperidine rings is 2. The Morgan fingerprint density at radius 3 is 2.44 bits per heavy atom. The van der Waals surface area contributed by atoms with Gasteiger partial charge in [-0.25, -0.2) is 0 Å². The molecule has 27 heavy (non-hydrogen) atoms. The van der Waals surface area contributed by atoms with E-state index in [4.69, 9.17) is 0 Å². The number of carbonyl (C=O) groups is 2. The third-order valence-electron chi connectivity index (χ3n) is 6.27. The van der Waals surface area contributed by atoms with E-state index in [0.717, 1.165) is 48.9 Å². The Bertz CT molecular complexity index is 848. The molecule has 5 heteroatoms. The summed E-state index contributed by atoms with van der Waals surface area (Å²) in [5.41, 5.74) is 1.80. The molecule has 0 saturated carbocycles. The van der Waals surface area contributed by atoms with Crippen molar-refractivity contribution < 1.29 is 9.59 Å². The van der Waals surface area contributed by atoms with E-state index in [9.17, 15) is 9.59 Å². The van der Waals surface area contributed by atoms with Crippen LogP contribution in [0.3, 0.4) is 0 Å². The summed E-state index contributed by atoms with van der Waals surface area (Å²) in [7, 11) is 1.95. The Morgan fingerprint density at radius 2 is 1.74 bits per heavy atom. The number of nitrogens with zero attached hydrogens (tertiary/aromatic N) is 3. The van der Waals surface area contributed by atoms with E-state index in [-0.39, 0.29) is 11.8 Å². The van der Waals surface area contributed by atoms with Gasteiger partial charge in [0.25, 0.3) is 5.91 Å². The smallest absolute Gasteiger partial charge is 0.270 e. The molecule has 2 amide bonds. The molecule has 3 heterocycles. The molecule has 0 bridgehead atoms. The number of benzene rings is 1. The predicted octanol–water partition coefficient (Wildman–Crippen LogP) is 3.29. The molecule has 1 atom stereocenters. The fourth-order valence-electron chi connectivity index (χ4n) is 4.63. The minimum atomic E-state index is 0.0752. The highest BCUT2D eigenvalue weighted by atomic mass is 16.2. The van der Waals surface area contributed by atoms with Crippen molar-refractivity contribution in [3.63, 3.8) is 0 Å². The SMILES string of the molecule is C[C@H]1CCCN(C(=O)C2CCN(C(=O)c3cc4ccccc4n3C)CC2)C1. The van der Waals surface area contributed by atoms with Crippen LogP contribution in [0.15, 0.2) is 30.3 Å². The molecule has 0 N–H and O–H groups in total. The van der Waals surface area contributed by atoms with Crippen molar-refractivity contribution in [1.82, 2.24) is 14.4 Å². The van der Waals surface area contributed by atoms with E-state index in [1.54, 1.807) is 0 Å². The van der Waals surface area contributed by atoms with Crippen LogP contribution >= 0.6 is 0 Å². The molecule has 0 spiro atoms. The van der Waals surface area contributed by atoms with Gasteiger partial charge >= 0.3 is 0 Å².